The van der Waals surface area contributed by atoms with Gasteiger partial charge in [-0.15, -0.1) is 0 Å². The smallest absolute Gasteiger partial charge is 0.191 e. The van der Waals surface area contributed by atoms with Crippen LogP contribution in [0.5, 0.6) is 5.75 Å². The highest BCUT2D eigenvalue weighted by Gasteiger charge is 2.33. The number of hydrogen-bond donors (Lipinski definition) is 2. The monoisotopic (exact) mass is 413 g/mol. The quantitative estimate of drug-likeness (QED) is 0.535. The van der Waals surface area contributed by atoms with Crippen molar-refractivity contribution in [1.29, 1.82) is 0 Å². The topological polar surface area (TPSA) is 62.7 Å². The Hall–Kier alpha value is -2.34. The first kappa shape index (κ1) is 21.4. The fourth-order valence-corrected chi connectivity index (χ4v) is 4.51. The van der Waals surface area contributed by atoms with E-state index in [1.54, 1.807) is 0 Å². The molecule has 0 saturated carbocycles. The van der Waals surface area contributed by atoms with Crippen LogP contribution in [0.15, 0.2) is 59.6 Å². The average molecular weight is 414 g/mol. The minimum atomic E-state index is -0.929. The van der Waals surface area contributed by atoms with Gasteiger partial charge in [-0.3, -0.25) is 9.20 Å². The van der Waals surface area contributed by atoms with E-state index < -0.39 is 10.8 Å². The molecule has 0 aliphatic carbocycles. The van der Waals surface area contributed by atoms with Crippen LogP contribution in [0, 0.1) is 0 Å². The van der Waals surface area contributed by atoms with Crippen molar-refractivity contribution in [3.05, 3.63) is 65.7 Å². The molecule has 0 saturated heterocycles. The van der Waals surface area contributed by atoms with Crippen LogP contribution in [0.25, 0.3) is 0 Å². The maximum atomic E-state index is 12.4. The van der Waals surface area contributed by atoms with Crippen molar-refractivity contribution in [2.24, 2.45) is 4.99 Å². The zero-order valence-corrected chi connectivity index (χ0v) is 18.3. The van der Waals surface area contributed by atoms with Crippen LogP contribution >= 0.6 is 0 Å². The van der Waals surface area contributed by atoms with Crippen molar-refractivity contribution in [1.82, 2.24) is 10.6 Å². The maximum Gasteiger partial charge on any atom is 0.191 e. The summed E-state index contributed by atoms with van der Waals surface area (Å²) in [7, 11) is -0.929. The number of aliphatic imine (C=N–C) groups is 1. The average Bonchev–Trinajstić information content (AvgIpc) is 2.68. The van der Waals surface area contributed by atoms with Crippen LogP contribution in [-0.4, -0.2) is 34.6 Å². The molecule has 1 aliphatic heterocycles. The highest BCUT2D eigenvalue weighted by Crippen LogP contribution is 2.39. The molecule has 1 aliphatic rings. The third kappa shape index (κ3) is 6.32. The Kier molecular flexibility index (Phi) is 7.31. The summed E-state index contributed by atoms with van der Waals surface area (Å²) in [5.74, 6) is 2.78. The Bertz CT molecular complexity index is 852. The van der Waals surface area contributed by atoms with Crippen molar-refractivity contribution in [2.75, 3.05) is 18.8 Å². The zero-order chi connectivity index (χ0) is 20.7. The number of ether oxygens (including phenoxy) is 1. The maximum absolute atomic E-state index is 12.4. The fraction of sp³-hybridized carbons (Fsp3) is 0.435. The molecule has 2 aromatic rings. The van der Waals surface area contributed by atoms with Gasteiger partial charge in [0.1, 0.15) is 11.4 Å². The molecule has 2 N–H and O–H groups in total. The summed E-state index contributed by atoms with van der Waals surface area (Å²) in [5.41, 5.74) is 1.99. The van der Waals surface area contributed by atoms with Crippen molar-refractivity contribution in [2.45, 2.75) is 44.6 Å². The van der Waals surface area contributed by atoms with Gasteiger partial charge in [0.2, 0.25) is 0 Å². The number of para-hydroxylation sites is 1. The number of hydrogen-bond acceptors (Lipinski definition) is 3. The number of rotatable bonds is 7. The first-order valence-corrected chi connectivity index (χ1v) is 11.7. The number of benzene rings is 2. The van der Waals surface area contributed by atoms with E-state index in [1.807, 2.05) is 55.5 Å². The molecule has 0 fully saturated rings. The van der Waals surface area contributed by atoms with Crippen LogP contribution in [-0.2, 0) is 16.6 Å². The van der Waals surface area contributed by atoms with E-state index in [0.717, 1.165) is 35.8 Å². The standard InChI is InChI=1S/C23H31N3O2S/c1-4-24-22(25-14-15-29(27)17-18-10-6-5-7-11-18)26-20-16-23(2,3)28-21-13-9-8-12-19(20)21/h5-13,20H,4,14-17H2,1-3H3,(H2,24,25,26). The number of nitrogens with zero attached hydrogens (tertiary/aromatic N) is 1. The predicted molar refractivity (Wildman–Crippen MR) is 121 cm³/mol. The van der Waals surface area contributed by atoms with Gasteiger partial charge in [-0.2, -0.15) is 0 Å². The summed E-state index contributed by atoms with van der Waals surface area (Å²) in [4.78, 5) is 4.67. The minimum absolute atomic E-state index is 0.113. The van der Waals surface area contributed by atoms with Crippen LogP contribution in [0.4, 0.5) is 0 Å². The number of nitrogens with one attached hydrogen (secondary N) is 2. The van der Waals surface area contributed by atoms with Crippen LogP contribution in [0.3, 0.4) is 0 Å². The van der Waals surface area contributed by atoms with Crippen LogP contribution < -0.4 is 15.4 Å². The van der Waals surface area contributed by atoms with Gasteiger partial charge in [0.25, 0.3) is 0 Å². The molecule has 0 spiro atoms. The molecule has 2 atom stereocenters. The van der Waals surface area contributed by atoms with Gasteiger partial charge in [-0.1, -0.05) is 48.5 Å². The Balaban J connectivity index is 1.63. The van der Waals surface area contributed by atoms with E-state index in [0.29, 0.717) is 18.1 Å². The summed E-state index contributed by atoms with van der Waals surface area (Å²) in [5, 5.41) is 6.86. The van der Waals surface area contributed by atoms with E-state index in [1.165, 1.54) is 0 Å². The molecule has 5 nitrogen and oxygen atoms in total. The third-order valence-corrected chi connectivity index (χ3v) is 6.08. The van der Waals surface area contributed by atoms with E-state index in [9.17, 15) is 4.21 Å². The predicted octanol–water partition coefficient (Wildman–Crippen LogP) is 3.79. The molecule has 2 aromatic carbocycles. The Labute approximate surface area is 176 Å². The lowest BCUT2D eigenvalue weighted by molar-refractivity contribution is 0.0694. The Morgan fingerprint density at radius 1 is 1.17 bits per heavy atom. The van der Waals surface area contributed by atoms with E-state index >= 15 is 0 Å². The molecule has 0 radical (unpaired) electrons. The van der Waals surface area contributed by atoms with Crippen molar-refractivity contribution >= 4 is 16.8 Å². The van der Waals surface area contributed by atoms with Crippen LogP contribution in [0.1, 0.15) is 44.4 Å². The first-order chi connectivity index (χ1) is 14.0. The summed E-state index contributed by atoms with van der Waals surface area (Å²) >= 11 is 0. The summed E-state index contributed by atoms with van der Waals surface area (Å²) in [6.07, 6.45) is 0.842. The molecular weight excluding hydrogens is 382 g/mol. The molecule has 1 heterocycles. The molecule has 0 amide bonds. The SMILES string of the molecule is CCNC(=NCCS(=O)Cc1ccccc1)NC1CC(C)(C)Oc2ccccc21. The van der Waals surface area contributed by atoms with Gasteiger partial charge in [0.05, 0.1) is 12.6 Å². The van der Waals surface area contributed by atoms with Crippen molar-refractivity contribution in [3.63, 3.8) is 0 Å². The zero-order valence-electron chi connectivity index (χ0n) is 17.5. The first-order valence-electron chi connectivity index (χ1n) is 10.2. The Morgan fingerprint density at radius 3 is 2.66 bits per heavy atom. The second-order valence-electron chi connectivity index (χ2n) is 7.84. The molecule has 6 heteroatoms. The molecule has 0 aromatic heterocycles. The molecule has 0 bridgehead atoms. The third-order valence-electron chi connectivity index (χ3n) is 4.79. The van der Waals surface area contributed by atoms with E-state index in [2.05, 4.69) is 35.5 Å². The van der Waals surface area contributed by atoms with Gasteiger partial charge in [0.15, 0.2) is 5.96 Å². The minimum Gasteiger partial charge on any atom is -0.487 e. The molecule has 2 unspecified atom stereocenters. The summed E-state index contributed by atoms with van der Waals surface area (Å²) in [6, 6.07) is 18.2. The Morgan fingerprint density at radius 2 is 1.90 bits per heavy atom. The second kappa shape index (κ2) is 9.92. The molecule has 3 rings (SSSR count). The highest BCUT2D eigenvalue weighted by molar-refractivity contribution is 7.84. The largest absolute Gasteiger partial charge is 0.487 e. The summed E-state index contributed by atoms with van der Waals surface area (Å²) < 4.78 is 18.5. The van der Waals surface area contributed by atoms with Gasteiger partial charge >= 0.3 is 0 Å². The van der Waals surface area contributed by atoms with Gasteiger partial charge < -0.3 is 15.4 Å². The number of fused-ring (bicyclic) bond motifs is 1. The van der Waals surface area contributed by atoms with Gasteiger partial charge in [-0.05, 0) is 32.4 Å². The summed E-state index contributed by atoms with van der Waals surface area (Å²) in [6.45, 7) is 7.55. The van der Waals surface area contributed by atoms with Gasteiger partial charge in [-0.25, -0.2) is 0 Å². The van der Waals surface area contributed by atoms with Crippen molar-refractivity contribution < 1.29 is 8.95 Å². The normalized spacial score (nSPS) is 19.0. The second-order valence-corrected chi connectivity index (χ2v) is 9.41. The number of guanidine groups is 1. The van der Waals surface area contributed by atoms with Gasteiger partial charge in [0, 0.05) is 40.8 Å². The lowest BCUT2D eigenvalue weighted by atomic mass is 9.90. The molecule has 29 heavy (non-hydrogen) atoms. The molecule has 156 valence electrons. The van der Waals surface area contributed by atoms with E-state index in [4.69, 9.17) is 4.74 Å². The van der Waals surface area contributed by atoms with Crippen molar-refractivity contribution in [3.8, 4) is 5.75 Å². The lowest BCUT2D eigenvalue weighted by Crippen LogP contribution is -2.45. The van der Waals surface area contributed by atoms with E-state index in [-0.39, 0.29) is 11.6 Å². The lowest BCUT2D eigenvalue weighted by Gasteiger charge is -2.38. The molecular formula is C23H31N3O2S. The van der Waals surface area contributed by atoms with Crippen LogP contribution in [0.2, 0.25) is 0 Å². The highest BCUT2D eigenvalue weighted by atomic mass is 32.2. The fourth-order valence-electron chi connectivity index (χ4n) is 3.51.